The smallest absolute Gasteiger partial charge is 0.373 e. The van der Waals surface area contributed by atoms with Crippen molar-refractivity contribution in [2.75, 3.05) is 7.11 Å². The minimum absolute atomic E-state index is 0.139. The Morgan fingerprint density at radius 2 is 2.21 bits per heavy atom. The molecule has 0 aromatic carbocycles. The quantitative estimate of drug-likeness (QED) is 0.756. The number of hydrogen-bond donors (Lipinski definition) is 1. The van der Waals surface area contributed by atoms with Crippen LogP contribution in [0.5, 0.6) is 0 Å². The van der Waals surface area contributed by atoms with Gasteiger partial charge in [-0.2, -0.15) is 0 Å². The number of esters is 1. The summed E-state index contributed by atoms with van der Waals surface area (Å²) in [5.41, 5.74) is 5.10. The molecule has 4 nitrogen and oxygen atoms in total. The topological polar surface area (TPSA) is 65.5 Å². The standard InChI is InChI=1S/C8H9F2NO3/c1-13-8(12)5-3-2-4(14-5)6(11)7(9)10/h2-3,6-7H,11H2,1H3. The van der Waals surface area contributed by atoms with Gasteiger partial charge in [-0.3, -0.25) is 0 Å². The number of furan rings is 1. The molecular formula is C8H9F2NO3. The Morgan fingerprint density at radius 3 is 2.71 bits per heavy atom. The molecule has 0 fully saturated rings. The van der Waals surface area contributed by atoms with Crippen LogP contribution >= 0.6 is 0 Å². The molecule has 1 aromatic heterocycles. The molecule has 0 bridgehead atoms. The lowest BCUT2D eigenvalue weighted by Crippen LogP contribution is -2.18. The van der Waals surface area contributed by atoms with Crippen LogP contribution in [0.1, 0.15) is 22.4 Å². The zero-order chi connectivity index (χ0) is 10.7. The van der Waals surface area contributed by atoms with E-state index in [1.165, 1.54) is 12.1 Å². The number of alkyl halides is 2. The Hall–Kier alpha value is -1.43. The van der Waals surface area contributed by atoms with Crippen LogP contribution in [0.2, 0.25) is 0 Å². The summed E-state index contributed by atoms with van der Waals surface area (Å²) in [5.74, 6) is -1.00. The van der Waals surface area contributed by atoms with Crippen molar-refractivity contribution in [1.82, 2.24) is 0 Å². The fraction of sp³-hybridized carbons (Fsp3) is 0.375. The number of carbonyl (C=O) groups excluding carboxylic acids is 1. The van der Waals surface area contributed by atoms with Crippen molar-refractivity contribution in [3.8, 4) is 0 Å². The van der Waals surface area contributed by atoms with Gasteiger partial charge in [-0.15, -0.1) is 0 Å². The van der Waals surface area contributed by atoms with E-state index in [1.807, 2.05) is 0 Å². The van der Waals surface area contributed by atoms with E-state index in [9.17, 15) is 13.6 Å². The Morgan fingerprint density at radius 1 is 1.57 bits per heavy atom. The second kappa shape index (κ2) is 4.19. The van der Waals surface area contributed by atoms with Crippen LogP contribution in [0, 0.1) is 0 Å². The van der Waals surface area contributed by atoms with Gasteiger partial charge in [0.05, 0.1) is 7.11 Å². The largest absolute Gasteiger partial charge is 0.463 e. The van der Waals surface area contributed by atoms with Gasteiger partial charge >= 0.3 is 5.97 Å². The highest BCUT2D eigenvalue weighted by atomic mass is 19.3. The van der Waals surface area contributed by atoms with Gasteiger partial charge in [0.25, 0.3) is 6.43 Å². The fourth-order valence-corrected chi connectivity index (χ4v) is 0.866. The zero-order valence-electron chi connectivity index (χ0n) is 7.37. The molecule has 1 rings (SSSR count). The highest BCUT2D eigenvalue weighted by Gasteiger charge is 2.22. The molecule has 2 N–H and O–H groups in total. The molecule has 6 heteroatoms. The van der Waals surface area contributed by atoms with Crippen LogP contribution in [0.3, 0.4) is 0 Å². The molecule has 0 saturated carbocycles. The van der Waals surface area contributed by atoms with E-state index in [0.29, 0.717) is 0 Å². The second-order valence-corrected chi connectivity index (χ2v) is 2.55. The summed E-state index contributed by atoms with van der Waals surface area (Å²) in [6, 6.07) is 0.945. The highest BCUT2D eigenvalue weighted by molar-refractivity contribution is 5.86. The molecule has 0 spiro atoms. The molecule has 0 radical (unpaired) electrons. The maximum Gasteiger partial charge on any atom is 0.373 e. The highest BCUT2D eigenvalue weighted by Crippen LogP contribution is 2.20. The Bertz CT molecular complexity index is 324. The Kier molecular flexibility index (Phi) is 3.19. The predicted molar refractivity (Wildman–Crippen MR) is 43.0 cm³/mol. The molecule has 1 heterocycles. The fourth-order valence-electron chi connectivity index (χ4n) is 0.866. The molecule has 0 amide bonds. The van der Waals surface area contributed by atoms with Gasteiger partial charge in [-0.25, -0.2) is 13.6 Å². The van der Waals surface area contributed by atoms with E-state index in [0.717, 1.165) is 7.11 Å². The molecule has 0 aliphatic carbocycles. The average molecular weight is 205 g/mol. The molecule has 0 aliphatic heterocycles. The SMILES string of the molecule is COC(=O)c1ccc(C(N)C(F)F)o1. The van der Waals surface area contributed by atoms with Crippen molar-refractivity contribution in [2.24, 2.45) is 5.73 Å². The van der Waals surface area contributed by atoms with Gasteiger partial charge in [0.2, 0.25) is 5.76 Å². The van der Waals surface area contributed by atoms with Gasteiger partial charge in [0.15, 0.2) is 0 Å². The first-order valence-corrected chi connectivity index (χ1v) is 3.78. The van der Waals surface area contributed by atoms with E-state index in [1.54, 1.807) is 0 Å². The third-order valence-corrected chi connectivity index (χ3v) is 1.61. The molecule has 0 saturated heterocycles. The summed E-state index contributed by atoms with van der Waals surface area (Å²) in [6.07, 6.45) is -2.73. The van der Waals surface area contributed by atoms with E-state index in [-0.39, 0.29) is 11.5 Å². The van der Waals surface area contributed by atoms with Gasteiger partial charge in [0, 0.05) is 0 Å². The molecule has 1 atom stereocenters. The summed E-state index contributed by atoms with van der Waals surface area (Å²) in [4.78, 5) is 10.9. The van der Waals surface area contributed by atoms with Crippen molar-refractivity contribution in [3.63, 3.8) is 0 Å². The van der Waals surface area contributed by atoms with Crippen LogP contribution in [0.4, 0.5) is 8.78 Å². The maximum absolute atomic E-state index is 12.1. The van der Waals surface area contributed by atoms with Crippen molar-refractivity contribution in [3.05, 3.63) is 23.7 Å². The summed E-state index contributed by atoms with van der Waals surface area (Å²) >= 11 is 0. The van der Waals surface area contributed by atoms with Crippen molar-refractivity contribution < 1.29 is 22.7 Å². The second-order valence-electron chi connectivity index (χ2n) is 2.55. The molecule has 14 heavy (non-hydrogen) atoms. The van der Waals surface area contributed by atoms with Crippen LogP contribution in [-0.2, 0) is 4.74 Å². The minimum Gasteiger partial charge on any atom is -0.463 e. The third kappa shape index (κ3) is 2.08. The number of rotatable bonds is 3. The number of methoxy groups -OCH3 is 1. The van der Waals surface area contributed by atoms with Crippen molar-refractivity contribution in [1.29, 1.82) is 0 Å². The number of ether oxygens (including phenoxy) is 1. The van der Waals surface area contributed by atoms with Crippen LogP contribution in [0.25, 0.3) is 0 Å². The summed E-state index contributed by atoms with van der Waals surface area (Å²) in [7, 11) is 1.16. The minimum atomic E-state index is -2.73. The van der Waals surface area contributed by atoms with E-state index in [2.05, 4.69) is 4.74 Å². The van der Waals surface area contributed by atoms with Crippen LogP contribution in [-0.4, -0.2) is 19.5 Å². The zero-order valence-corrected chi connectivity index (χ0v) is 7.37. The van der Waals surface area contributed by atoms with Gasteiger partial charge in [0.1, 0.15) is 11.8 Å². The number of carbonyl (C=O) groups is 1. The third-order valence-electron chi connectivity index (χ3n) is 1.61. The van der Waals surface area contributed by atoms with Gasteiger partial charge in [-0.05, 0) is 12.1 Å². The van der Waals surface area contributed by atoms with Crippen LogP contribution in [0.15, 0.2) is 16.5 Å². The van der Waals surface area contributed by atoms with E-state index < -0.39 is 18.4 Å². The number of halogens is 2. The number of nitrogens with two attached hydrogens (primary N) is 1. The van der Waals surface area contributed by atoms with Crippen molar-refractivity contribution >= 4 is 5.97 Å². The monoisotopic (exact) mass is 205 g/mol. The average Bonchev–Trinajstić information content (AvgIpc) is 2.64. The van der Waals surface area contributed by atoms with Gasteiger partial charge < -0.3 is 14.9 Å². The maximum atomic E-state index is 12.1. The first-order chi connectivity index (χ1) is 6.56. The molecule has 78 valence electrons. The molecule has 1 unspecified atom stereocenters. The summed E-state index contributed by atoms with van der Waals surface area (Å²) < 4.78 is 33.3. The summed E-state index contributed by atoms with van der Waals surface area (Å²) in [5, 5.41) is 0. The molecular weight excluding hydrogens is 196 g/mol. The Balaban J connectivity index is 2.82. The number of hydrogen-bond acceptors (Lipinski definition) is 4. The predicted octanol–water partition coefficient (Wildman–Crippen LogP) is 1.33. The van der Waals surface area contributed by atoms with Crippen LogP contribution < -0.4 is 5.73 Å². The normalized spacial score (nSPS) is 12.9. The lowest BCUT2D eigenvalue weighted by Gasteiger charge is -2.05. The molecule has 0 aliphatic rings. The Labute approximate surface area is 78.6 Å². The summed E-state index contributed by atoms with van der Waals surface area (Å²) in [6.45, 7) is 0. The first kappa shape index (κ1) is 10.6. The lowest BCUT2D eigenvalue weighted by atomic mass is 10.2. The van der Waals surface area contributed by atoms with Gasteiger partial charge in [-0.1, -0.05) is 0 Å². The first-order valence-electron chi connectivity index (χ1n) is 3.78. The van der Waals surface area contributed by atoms with E-state index in [4.69, 9.17) is 10.2 Å². The van der Waals surface area contributed by atoms with Crippen molar-refractivity contribution in [2.45, 2.75) is 12.5 Å². The molecule has 1 aromatic rings. The van der Waals surface area contributed by atoms with E-state index >= 15 is 0 Å². The lowest BCUT2D eigenvalue weighted by molar-refractivity contribution is 0.0554.